The Balaban J connectivity index is 1.50. The Morgan fingerprint density at radius 1 is 1.13 bits per heavy atom. The first-order valence-corrected chi connectivity index (χ1v) is 13.1. The molecule has 3 heterocycles. The minimum atomic E-state index is -1.15. The Labute approximate surface area is 225 Å². The third-order valence-electron chi connectivity index (χ3n) is 7.15. The minimum absolute atomic E-state index is 0.0432. The van der Waals surface area contributed by atoms with Gasteiger partial charge in [-0.2, -0.15) is 9.61 Å². The number of hydrogen-bond acceptors (Lipinski definition) is 6. The monoisotopic (exact) mass is 535 g/mol. The lowest BCUT2D eigenvalue weighted by Gasteiger charge is -2.32. The quantitative estimate of drug-likeness (QED) is 0.351. The first-order chi connectivity index (χ1) is 18.1. The molecule has 10 nitrogen and oxygen atoms in total. The van der Waals surface area contributed by atoms with Gasteiger partial charge >= 0.3 is 5.97 Å². The fraction of sp³-hybridized carbons (Fsp3) is 0.370. The summed E-state index contributed by atoms with van der Waals surface area (Å²) in [6, 6.07) is 8.42. The summed E-state index contributed by atoms with van der Waals surface area (Å²) in [7, 11) is 0. The number of hydrogen-bond donors (Lipinski definition) is 2. The fourth-order valence-electron chi connectivity index (χ4n) is 5.03. The number of fused-ring (bicyclic) bond motifs is 1. The number of anilines is 2. The van der Waals surface area contributed by atoms with E-state index in [2.05, 4.69) is 22.1 Å². The van der Waals surface area contributed by atoms with Gasteiger partial charge in [-0.3, -0.25) is 9.69 Å². The van der Waals surface area contributed by atoms with E-state index in [9.17, 15) is 14.7 Å². The third kappa shape index (κ3) is 4.71. The molecule has 0 unspecified atom stereocenters. The van der Waals surface area contributed by atoms with E-state index in [0.717, 1.165) is 25.7 Å². The molecule has 38 heavy (non-hydrogen) atoms. The van der Waals surface area contributed by atoms with Crippen molar-refractivity contribution in [3.8, 4) is 16.9 Å². The number of carbonyl (C=O) groups excluding carboxylic acids is 1. The summed E-state index contributed by atoms with van der Waals surface area (Å²) in [5.41, 5.74) is 8.35. The molecular formula is C27H30ClN7O3. The Hall–Kier alpha value is -3.92. The number of carboxylic acids is 1. The van der Waals surface area contributed by atoms with Gasteiger partial charge in [0.2, 0.25) is 5.91 Å². The lowest BCUT2D eigenvalue weighted by molar-refractivity contribution is -0.124. The highest BCUT2D eigenvalue weighted by atomic mass is 35.5. The van der Waals surface area contributed by atoms with Crippen molar-refractivity contribution in [3.05, 3.63) is 53.3 Å². The maximum atomic E-state index is 13.6. The minimum Gasteiger partial charge on any atom is -0.477 e. The van der Waals surface area contributed by atoms with Gasteiger partial charge in [0.1, 0.15) is 11.4 Å². The molecule has 0 spiro atoms. The number of nitrogens with zero attached hydrogens (tertiary/aromatic N) is 6. The van der Waals surface area contributed by atoms with E-state index in [1.54, 1.807) is 36.5 Å². The lowest BCUT2D eigenvalue weighted by atomic mass is 9.82. The summed E-state index contributed by atoms with van der Waals surface area (Å²) >= 11 is 6.64. The van der Waals surface area contributed by atoms with E-state index in [1.807, 2.05) is 13.8 Å². The Morgan fingerprint density at radius 2 is 1.87 bits per heavy atom. The molecule has 0 bridgehead atoms. The molecule has 1 aliphatic carbocycles. The molecule has 0 saturated heterocycles. The molecule has 1 fully saturated rings. The zero-order chi connectivity index (χ0) is 27.1. The number of halogens is 1. The molecule has 0 atom stereocenters. The van der Waals surface area contributed by atoms with E-state index in [1.165, 1.54) is 20.3 Å². The van der Waals surface area contributed by atoms with E-state index in [4.69, 9.17) is 17.3 Å². The molecule has 1 saturated carbocycles. The average molecular weight is 536 g/mol. The predicted molar refractivity (Wildman–Crippen MR) is 146 cm³/mol. The molecule has 1 amide bonds. The van der Waals surface area contributed by atoms with E-state index < -0.39 is 5.97 Å². The van der Waals surface area contributed by atoms with Gasteiger partial charge in [0, 0.05) is 36.0 Å². The molecule has 3 aromatic heterocycles. The maximum absolute atomic E-state index is 13.6. The van der Waals surface area contributed by atoms with Crippen LogP contribution in [0.5, 0.6) is 0 Å². The Bertz CT molecular complexity index is 1520. The number of benzene rings is 1. The summed E-state index contributed by atoms with van der Waals surface area (Å²) in [4.78, 5) is 31.6. The molecule has 198 valence electrons. The number of carboxylic acid groups (broad SMARTS) is 1. The number of nitrogen functional groups attached to an aromatic ring is 1. The molecular weight excluding hydrogens is 506 g/mol. The van der Waals surface area contributed by atoms with Crippen molar-refractivity contribution >= 4 is 40.8 Å². The first-order valence-electron chi connectivity index (χ1n) is 12.7. The van der Waals surface area contributed by atoms with Gasteiger partial charge in [0.05, 0.1) is 16.4 Å². The molecule has 5 rings (SSSR count). The van der Waals surface area contributed by atoms with Crippen LogP contribution in [0.2, 0.25) is 5.02 Å². The molecule has 0 radical (unpaired) electrons. The largest absolute Gasteiger partial charge is 0.477 e. The van der Waals surface area contributed by atoms with Gasteiger partial charge in [-0.25, -0.2) is 14.5 Å². The number of aromatic nitrogens is 5. The molecule has 1 aliphatic rings. The summed E-state index contributed by atoms with van der Waals surface area (Å²) in [5.74, 6) is -0.179. The summed E-state index contributed by atoms with van der Waals surface area (Å²) in [6.45, 7) is 5.94. The highest BCUT2D eigenvalue weighted by Crippen LogP contribution is 2.34. The molecule has 0 aliphatic heterocycles. The zero-order valence-electron chi connectivity index (χ0n) is 21.5. The summed E-state index contributed by atoms with van der Waals surface area (Å²) in [6.07, 6.45) is 6.60. The standard InChI is InChI=1S/C27H30ClN7O3/c1-15(2)34(26(36)17-6-4-16(3)5-7-17)25-20(27(37)38)14-33(32-25)18-8-9-19(21(28)12-18)22-13-24-30-11-10-23(29)35(24)31-22/h8-17H,4-7,29H2,1-3H3,(H,37,38). The van der Waals surface area contributed by atoms with Gasteiger partial charge in [0.15, 0.2) is 11.5 Å². The van der Waals surface area contributed by atoms with Crippen molar-refractivity contribution < 1.29 is 14.7 Å². The van der Waals surface area contributed by atoms with Crippen LogP contribution < -0.4 is 10.6 Å². The van der Waals surface area contributed by atoms with Crippen molar-refractivity contribution in [2.45, 2.75) is 52.5 Å². The average Bonchev–Trinajstić information content (AvgIpc) is 3.50. The van der Waals surface area contributed by atoms with Crippen LogP contribution in [-0.2, 0) is 4.79 Å². The van der Waals surface area contributed by atoms with Gasteiger partial charge in [-0.05, 0) is 69.7 Å². The normalized spacial score (nSPS) is 17.7. The molecule has 1 aromatic carbocycles. The summed E-state index contributed by atoms with van der Waals surface area (Å²) < 4.78 is 2.98. The molecule has 4 aromatic rings. The fourth-order valence-corrected chi connectivity index (χ4v) is 5.30. The summed E-state index contributed by atoms with van der Waals surface area (Å²) in [5, 5.41) is 19.5. The Kier molecular flexibility index (Phi) is 6.83. The second-order valence-electron chi connectivity index (χ2n) is 10.2. The van der Waals surface area contributed by atoms with Crippen LogP contribution in [0.25, 0.3) is 22.6 Å². The van der Waals surface area contributed by atoms with Crippen LogP contribution in [-0.4, -0.2) is 47.4 Å². The number of nitrogens with two attached hydrogens (primary N) is 1. The van der Waals surface area contributed by atoms with Crippen molar-refractivity contribution in [1.82, 2.24) is 24.4 Å². The van der Waals surface area contributed by atoms with Crippen molar-refractivity contribution in [3.63, 3.8) is 0 Å². The highest BCUT2D eigenvalue weighted by molar-refractivity contribution is 6.33. The van der Waals surface area contributed by atoms with Crippen LogP contribution >= 0.6 is 11.6 Å². The van der Waals surface area contributed by atoms with Crippen LogP contribution in [0.1, 0.15) is 56.8 Å². The van der Waals surface area contributed by atoms with Gasteiger partial charge in [0.25, 0.3) is 0 Å². The van der Waals surface area contributed by atoms with Crippen molar-refractivity contribution in [2.24, 2.45) is 11.8 Å². The molecule has 11 heteroatoms. The zero-order valence-corrected chi connectivity index (χ0v) is 22.3. The number of rotatable bonds is 6. The Morgan fingerprint density at radius 3 is 2.50 bits per heavy atom. The topological polar surface area (TPSA) is 132 Å². The van der Waals surface area contributed by atoms with Crippen LogP contribution in [0.4, 0.5) is 11.6 Å². The maximum Gasteiger partial charge on any atom is 0.341 e. The number of amides is 1. The van der Waals surface area contributed by atoms with E-state index in [-0.39, 0.29) is 29.2 Å². The third-order valence-corrected chi connectivity index (χ3v) is 7.47. The highest BCUT2D eigenvalue weighted by Gasteiger charge is 2.34. The van der Waals surface area contributed by atoms with Crippen LogP contribution in [0.15, 0.2) is 42.7 Å². The SMILES string of the molecule is CC1CCC(C(=O)N(c2nn(-c3ccc(-c4cc5nccc(N)n5n4)c(Cl)c3)cc2C(=O)O)C(C)C)CC1. The van der Waals surface area contributed by atoms with Gasteiger partial charge < -0.3 is 10.8 Å². The van der Waals surface area contributed by atoms with Crippen molar-refractivity contribution in [1.29, 1.82) is 0 Å². The lowest BCUT2D eigenvalue weighted by Crippen LogP contribution is -2.43. The number of aromatic carboxylic acids is 1. The predicted octanol–water partition coefficient (Wildman–Crippen LogP) is 5.08. The second-order valence-corrected chi connectivity index (χ2v) is 10.6. The van der Waals surface area contributed by atoms with Crippen LogP contribution in [0, 0.1) is 11.8 Å². The molecule has 3 N–H and O–H groups in total. The second kappa shape index (κ2) is 10.1. The first kappa shape index (κ1) is 25.7. The smallest absolute Gasteiger partial charge is 0.341 e. The van der Waals surface area contributed by atoms with E-state index >= 15 is 0 Å². The van der Waals surface area contributed by atoms with Crippen molar-refractivity contribution in [2.75, 3.05) is 10.6 Å². The van der Waals surface area contributed by atoms with Gasteiger partial charge in [-0.1, -0.05) is 18.5 Å². The van der Waals surface area contributed by atoms with Crippen LogP contribution in [0.3, 0.4) is 0 Å². The van der Waals surface area contributed by atoms with Gasteiger partial charge in [-0.15, -0.1) is 5.10 Å². The van der Waals surface area contributed by atoms with E-state index in [0.29, 0.717) is 39.4 Å². The number of carbonyl (C=O) groups is 2.